The van der Waals surface area contributed by atoms with Gasteiger partial charge in [-0.25, -0.2) is 4.79 Å². The summed E-state index contributed by atoms with van der Waals surface area (Å²) >= 11 is 0. The fraction of sp³-hybridized carbons (Fsp3) is 0.154. The van der Waals surface area contributed by atoms with Crippen molar-refractivity contribution in [1.29, 1.82) is 0 Å². The molecule has 0 radical (unpaired) electrons. The maximum Gasteiger partial charge on any atom is 0.356 e. The molecular weight excluding hydrogens is 216 g/mol. The van der Waals surface area contributed by atoms with Gasteiger partial charge >= 0.3 is 5.97 Å². The third-order valence-corrected chi connectivity index (χ3v) is 2.48. The molecular formula is C13H14N2O2. The molecule has 0 bridgehead atoms. The van der Waals surface area contributed by atoms with Crippen LogP contribution >= 0.6 is 0 Å². The largest absolute Gasteiger partial charge is 0.461 e. The number of aromatic amines is 1. The number of esters is 1. The molecule has 4 nitrogen and oxygen atoms in total. The summed E-state index contributed by atoms with van der Waals surface area (Å²) < 4.78 is 4.91. The molecule has 3 N–H and O–H groups in total. The Kier molecular flexibility index (Phi) is 3.14. The Balaban J connectivity index is 2.37. The highest BCUT2D eigenvalue weighted by atomic mass is 16.5. The van der Waals surface area contributed by atoms with E-state index in [1.807, 2.05) is 30.3 Å². The lowest BCUT2D eigenvalue weighted by Gasteiger charge is -2.02. The standard InChI is InChI=1S/C13H14N2O2/c1-2-17-13(16)12-11(14)10(8-15-12)9-6-4-3-5-7-9/h3-8,15H,2,14H2,1H3. The molecule has 1 aromatic heterocycles. The first-order chi connectivity index (χ1) is 8.24. The molecule has 0 saturated heterocycles. The normalized spacial score (nSPS) is 10.2. The highest BCUT2D eigenvalue weighted by Gasteiger charge is 2.16. The zero-order valence-electron chi connectivity index (χ0n) is 9.57. The van der Waals surface area contributed by atoms with Crippen molar-refractivity contribution < 1.29 is 9.53 Å². The smallest absolute Gasteiger partial charge is 0.356 e. The molecule has 1 aromatic carbocycles. The quantitative estimate of drug-likeness (QED) is 0.796. The molecule has 2 rings (SSSR count). The number of carbonyl (C=O) groups is 1. The van der Waals surface area contributed by atoms with Crippen molar-refractivity contribution in [3.63, 3.8) is 0 Å². The Bertz CT molecular complexity index is 517. The number of benzene rings is 1. The third kappa shape index (κ3) is 2.15. The highest BCUT2D eigenvalue weighted by Crippen LogP contribution is 2.28. The minimum atomic E-state index is -0.424. The van der Waals surface area contributed by atoms with E-state index in [9.17, 15) is 4.79 Å². The molecule has 88 valence electrons. The van der Waals surface area contributed by atoms with Gasteiger partial charge in [-0.05, 0) is 12.5 Å². The summed E-state index contributed by atoms with van der Waals surface area (Å²) in [6.45, 7) is 2.09. The number of carbonyl (C=O) groups excluding carboxylic acids is 1. The van der Waals surface area contributed by atoms with Crippen LogP contribution in [0.15, 0.2) is 36.5 Å². The number of aromatic nitrogens is 1. The van der Waals surface area contributed by atoms with Gasteiger partial charge in [0.15, 0.2) is 0 Å². The van der Waals surface area contributed by atoms with E-state index in [1.165, 1.54) is 0 Å². The third-order valence-electron chi connectivity index (χ3n) is 2.48. The lowest BCUT2D eigenvalue weighted by molar-refractivity contribution is 0.0521. The Morgan fingerprint density at radius 2 is 2.06 bits per heavy atom. The Hall–Kier alpha value is -2.23. The van der Waals surface area contributed by atoms with E-state index in [2.05, 4.69) is 4.98 Å². The van der Waals surface area contributed by atoms with Gasteiger partial charge in [0, 0.05) is 11.8 Å². The Labute approximate surface area is 99.4 Å². The summed E-state index contributed by atoms with van der Waals surface area (Å²) in [5.41, 5.74) is 8.45. The van der Waals surface area contributed by atoms with Crippen LogP contribution in [-0.4, -0.2) is 17.6 Å². The molecule has 4 heteroatoms. The van der Waals surface area contributed by atoms with Gasteiger partial charge in [0.05, 0.1) is 12.3 Å². The molecule has 0 aliphatic heterocycles. The first kappa shape index (κ1) is 11.3. The van der Waals surface area contributed by atoms with Crippen molar-refractivity contribution in [2.75, 3.05) is 12.3 Å². The van der Waals surface area contributed by atoms with Gasteiger partial charge in [-0.2, -0.15) is 0 Å². The van der Waals surface area contributed by atoms with Crippen LogP contribution < -0.4 is 5.73 Å². The number of nitrogens with two attached hydrogens (primary N) is 1. The summed E-state index contributed by atoms with van der Waals surface area (Å²) in [6.07, 6.45) is 1.72. The number of nitrogen functional groups attached to an aromatic ring is 1. The Morgan fingerprint density at radius 1 is 1.35 bits per heavy atom. The lowest BCUT2D eigenvalue weighted by atomic mass is 10.1. The second-order valence-electron chi connectivity index (χ2n) is 3.58. The molecule has 2 aromatic rings. The van der Waals surface area contributed by atoms with E-state index >= 15 is 0 Å². The van der Waals surface area contributed by atoms with E-state index < -0.39 is 5.97 Å². The second-order valence-corrected chi connectivity index (χ2v) is 3.58. The topological polar surface area (TPSA) is 68.1 Å². The van der Waals surface area contributed by atoms with Crippen LogP contribution in [0.2, 0.25) is 0 Å². The molecule has 0 amide bonds. The van der Waals surface area contributed by atoms with Crippen molar-refractivity contribution in [3.8, 4) is 11.1 Å². The van der Waals surface area contributed by atoms with E-state index in [0.717, 1.165) is 11.1 Å². The molecule has 0 unspecified atom stereocenters. The van der Waals surface area contributed by atoms with E-state index in [0.29, 0.717) is 18.0 Å². The number of anilines is 1. The number of hydrogen-bond acceptors (Lipinski definition) is 3. The number of ether oxygens (including phenoxy) is 1. The van der Waals surface area contributed by atoms with Gasteiger partial charge in [0.1, 0.15) is 5.69 Å². The van der Waals surface area contributed by atoms with Crippen LogP contribution in [-0.2, 0) is 4.74 Å². The number of hydrogen-bond donors (Lipinski definition) is 2. The summed E-state index contributed by atoms with van der Waals surface area (Å²) in [5.74, 6) is -0.424. The van der Waals surface area contributed by atoms with Crippen LogP contribution in [0.4, 0.5) is 5.69 Å². The average Bonchev–Trinajstić information content (AvgIpc) is 2.72. The molecule has 0 atom stereocenters. The molecule has 1 heterocycles. The number of H-pyrrole nitrogens is 1. The highest BCUT2D eigenvalue weighted by molar-refractivity contribution is 5.98. The van der Waals surface area contributed by atoms with Crippen LogP contribution in [0.5, 0.6) is 0 Å². The minimum absolute atomic E-state index is 0.311. The first-order valence-corrected chi connectivity index (χ1v) is 5.43. The maximum absolute atomic E-state index is 11.6. The van der Waals surface area contributed by atoms with E-state index in [4.69, 9.17) is 10.5 Å². The maximum atomic E-state index is 11.6. The van der Waals surface area contributed by atoms with Crippen LogP contribution in [0.25, 0.3) is 11.1 Å². The number of rotatable bonds is 3. The predicted molar refractivity (Wildman–Crippen MR) is 66.6 cm³/mol. The molecule has 0 aliphatic rings. The zero-order valence-corrected chi connectivity index (χ0v) is 9.57. The van der Waals surface area contributed by atoms with Crippen molar-refractivity contribution >= 4 is 11.7 Å². The van der Waals surface area contributed by atoms with Gasteiger partial charge in [-0.3, -0.25) is 0 Å². The fourth-order valence-corrected chi connectivity index (χ4v) is 1.66. The van der Waals surface area contributed by atoms with Gasteiger partial charge in [-0.15, -0.1) is 0 Å². The van der Waals surface area contributed by atoms with E-state index in [-0.39, 0.29) is 0 Å². The van der Waals surface area contributed by atoms with Gasteiger partial charge in [0.25, 0.3) is 0 Å². The van der Waals surface area contributed by atoms with Crippen molar-refractivity contribution in [1.82, 2.24) is 4.98 Å². The molecule has 0 aliphatic carbocycles. The summed E-state index contributed by atoms with van der Waals surface area (Å²) in [6, 6.07) is 9.65. The fourth-order valence-electron chi connectivity index (χ4n) is 1.66. The van der Waals surface area contributed by atoms with Crippen LogP contribution in [0, 0.1) is 0 Å². The molecule has 0 saturated carbocycles. The molecule has 17 heavy (non-hydrogen) atoms. The van der Waals surface area contributed by atoms with Crippen LogP contribution in [0.3, 0.4) is 0 Å². The average molecular weight is 230 g/mol. The monoisotopic (exact) mass is 230 g/mol. The van der Waals surface area contributed by atoms with Gasteiger partial charge in [0.2, 0.25) is 0 Å². The summed E-state index contributed by atoms with van der Waals surface area (Å²) in [5, 5.41) is 0. The SMILES string of the molecule is CCOC(=O)c1[nH]cc(-c2ccccc2)c1N. The molecule has 0 fully saturated rings. The van der Waals surface area contributed by atoms with Crippen LogP contribution in [0.1, 0.15) is 17.4 Å². The van der Waals surface area contributed by atoms with Gasteiger partial charge in [-0.1, -0.05) is 30.3 Å². The first-order valence-electron chi connectivity index (χ1n) is 5.43. The predicted octanol–water partition coefficient (Wildman–Crippen LogP) is 2.44. The van der Waals surface area contributed by atoms with Crippen molar-refractivity contribution in [2.45, 2.75) is 6.92 Å². The van der Waals surface area contributed by atoms with Crippen molar-refractivity contribution in [2.24, 2.45) is 0 Å². The second kappa shape index (κ2) is 4.74. The molecule has 0 spiro atoms. The zero-order chi connectivity index (χ0) is 12.3. The number of nitrogens with one attached hydrogen (secondary N) is 1. The summed E-state index contributed by atoms with van der Waals surface area (Å²) in [4.78, 5) is 14.4. The van der Waals surface area contributed by atoms with Gasteiger partial charge < -0.3 is 15.5 Å². The Morgan fingerprint density at radius 3 is 2.71 bits per heavy atom. The van der Waals surface area contributed by atoms with E-state index in [1.54, 1.807) is 13.1 Å². The lowest BCUT2D eigenvalue weighted by Crippen LogP contribution is -2.07. The van der Waals surface area contributed by atoms with Crippen molar-refractivity contribution in [3.05, 3.63) is 42.2 Å². The minimum Gasteiger partial charge on any atom is -0.461 e. The summed E-state index contributed by atoms with van der Waals surface area (Å²) in [7, 11) is 0.